The zero-order valence-electron chi connectivity index (χ0n) is 13.0. The summed E-state index contributed by atoms with van der Waals surface area (Å²) in [5.41, 5.74) is 2.63. The molecule has 0 N–H and O–H groups in total. The normalized spacial score (nSPS) is 22.8. The molecule has 1 aromatic rings. The second-order valence-corrected chi connectivity index (χ2v) is 6.77. The Morgan fingerprint density at radius 2 is 2.00 bits per heavy atom. The van der Waals surface area contributed by atoms with Crippen LogP contribution in [0, 0.1) is 17.3 Å². The molecule has 2 unspecified atom stereocenters. The third-order valence-electron chi connectivity index (χ3n) is 4.85. The average molecular weight is 270 g/mol. The Kier molecular flexibility index (Phi) is 4.47. The molecule has 0 bridgehead atoms. The molecule has 0 aliphatic heterocycles. The van der Waals surface area contributed by atoms with Crippen molar-refractivity contribution in [3.8, 4) is 0 Å². The topological polar surface area (TPSA) is 17.1 Å². The number of Topliss-reactive ketones (excluding diaryl/α,β-unsaturated/α-hetero) is 1. The Bertz CT molecular complexity index is 484. The highest BCUT2D eigenvalue weighted by molar-refractivity contribution is 5.84. The van der Waals surface area contributed by atoms with E-state index in [0.717, 1.165) is 25.7 Å². The van der Waals surface area contributed by atoms with Gasteiger partial charge >= 0.3 is 0 Å². The molecule has 2 rings (SSSR count). The van der Waals surface area contributed by atoms with Crippen molar-refractivity contribution in [3.05, 3.63) is 48.0 Å². The standard InChI is InChI=1S/C19H26O/c1-5-16(18-17(20)11-12-19(18,3)4)14(2)13-15-9-7-6-8-10-15/h6-10,16,18H,2,5,11-13H2,1,3-4H3. The first-order chi connectivity index (χ1) is 9.45. The highest BCUT2D eigenvalue weighted by Gasteiger charge is 2.45. The van der Waals surface area contributed by atoms with E-state index in [-0.39, 0.29) is 11.3 Å². The van der Waals surface area contributed by atoms with Crippen LogP contribution in [-0.4, -0.2) is 5.78 Å². The minimum absolute atomic E-state index is 0.122. The summed E-state index contributed by atoms with van der Waals surface area (Å²) in [5, 5.41) is 0. The van der Waals surface area contributed by atoms with Crippen molar-refractivity contribution in [2.45, 2.75) is 46.5 Å². The lowest BCUT2D eigenvalue weighted by molar-refractivity contribution is -0.123. The fourth-order valence-electron chi connectivity index (χ4n) is 3.71. The number of hydrogen-bond donors (Lipinski definition) is 0. The molecular weight excluding hydrogens is 244 g/mol. The molecule has 108 valence electrons. The SMILES string of the molecule is C=C(Cc1ccccc1)C(CC)C1C(=O)CCC1(C)C. The van der Waals surface area contributed by atoms with Crippen molar-refractivity contribution >= 4 is 5.78 Å². The first-order valence-corrected chi connectivity index (χ1v) is 7.70. The van der Waals surface area contributed by atoms with Crippen LogP contribution in [0.4, 0.5) is 0 Å². The lowest BCUT2D eigenvalue weighted by Gasteiger charge is -2.33. The number of carbonyl (C=O) groups is 1. The smallest absolute Gasteiger partial charge is 0.137 e. The first-order valence-electron chi connectivity index (χ1n) is 7.70. The van der Waals surface area contributed by atoms with Crippen LogP contribution in [0.2, 0.25) is 0 Å². The zero-order valence-corrected chi connectivity index (χ0v) is 13.0. The van der Waals surface area contributed by atoms with E-state index < -0.39 is 0 Å². The van der Waals surface area contributed by atoms with Crippen LogP contribution < -0.4 is 0 Å². The molecule has 0 heterocycles. The summed E-state index contributed by atoms with van der Waals surface area (Å²) in [4.78, 5) is 12.3. The van der Waals surface area contributed by atoms with Gasteiger partial charge in [-0.3, -0.25) is 4.79 Å². The van der Waals surface area contributed by atoms with Gasteiger partial charge in [0.15, 0.2) is 0 Å². The molecule has 1 saturated carbocycles. The van der Waals surface area contributed by atoms with E-state index in [9.17, 15) is 4.79 Å². The highest BCUT2D eigenvalue weighted by Crippen LogP contribution is 2.47. The second-order valence-electron chi connectivity index (χ2n) is 6.77. The molecule has 1 heteroatoms. The molecule has 1 aliphatic rings. The molecule has 0 spiro atoms. The molecule has 1 fully saturated rings. The van der Waals surface area contributed by atoms with Crippen molar-refractivity contribution in [1.82, 2.24) is 0 Å². The maximum atomic E-state index is 12.3. The van der Waals surface area contributed by atoms with Crippen LogP contribution in [0.5, 0.6) is 0 Å². The molecule has 0 radical (unpaired) electrons. The maximum Gasteiger partial charge on any atom is 0.137 e. The molecule has 0 saturated heterocycles. The van der Waals surface area contributed by atoms with Crippen LogP contribution in [0.25, 0.3) is 0 Å². The fourth-order valence-corrected chi connectivity index (χ4v) is 3.71. The van der Waals surface area contributed by atoms with Gasteiger partial charge in [0.05, 0.1) is 0 Å². The molecule has 1 nitrogen and oxygen atoms in total. The minimum atomic E-state index is 0.122. The van der Waals surface area contributed by atoms with Gasteiger partial charge in [-0.15, -0.1) is 0 Å². The van der Waals surface area contributed by atoms with E-state index in [0.29, 0.717) is 11.7 Å². The molecular formula is C19H26O. The van der Waals surface area contributed by atoms with E-state index in [2.05, 4.69) is 51.6 Å². The van der Waals surface area contributed by atoms with E-state index in [1.54, 1.807) is 0 Å². The van der Waals surface area contributed by atoms with Gasteiger partial charge in [0.1, 0.15) is 5.78 Å². The Morgan fingerprint density at radius 3 is 2.50 bits per heavy atom. The van der Waals surface area contributed by atoms with Crippen molar-refractivity contribution in [3.63, 3.8) is 0 Å². The molecule has 0 aromatic heterocycles. The molecule has 1 aromatic carbocycles. The Morgan fingerprint density at radius 1 is 1.35 bits per heavy atom. The summed E-state index contributed by atoms with van der Waals surface area (Å²) < 4.78 is 0. The number of benzene rings is 1. The van der Waals surface area contributed by atoms with E-state index in [1.165, 1.54) is 11.1 Å². The third kappa shape index (κ3) is 3.03. The van der Waals surface area contributed by atoms with Gasteiger partial charge in [-0.05, 0) is 36.2 Å². The second kappa shape index (κ2) is 5.95. The lowest BCUT2D eigenvalue weighted by atomic mass is 9.70. The largest absolute Gasteiger partial charge is 0.299 e. The van der Waals surface area contributed by atoms with Crippen molar-refractivity contribution in [2.24, 2.45) is 17.3 Å². The summed E-state index contributed by atoms with van der Waals surface area (Å²) in [6.07, 6.45) is 3.66. The van der Waals surface area contributed by atoms with Gasteiger partial charge in [-0.25, -0.2) is 0 Å². The number of ketones is 1. The van der Waals surface area contributed by atoms with Crippen molar-refractivity contribution < 1.29 is 4.79 Å². The van der Waals surface area contributed by atoms with Crippen LogP contribution in [0.1, 0.15) is 45.6 Å². The summed E-state index contributed by atoms with van der Waals surface area (Å²) in [5.74, 6) is 0.917. The van der Waals surface area contributed by atoms with Gasteiger partial charge in [0.2, 0.25) is 0 Å². The predicted octanol–water partition coefficient (Wildman–Crippen LogP) is 4.82. The van der Waals surface area contributed by atoms with Crippen LogP contribution >= 0.6 is 0 Å². The molecule has 1 aliphatic carbocycles. The van der Waals surface area contributed by atoms with Gasteiger partial charge in [-0.1, -0.05) is 63.3 Å². The third-order valence-corrected chi connectivity index (χ3v) is 4.85. The predicted molar refractivity (Wildman–Crippen MR) is 84.6 cm³/mol. The highest BCUT2D eigenvalue weighted by atomic mass is 16.1. The molecule has 2 atom stereocenters. The summed E-state index contributed by atoms with van der Waals surface area (Å²) >= 11 is 0. The number of carbonyl (C=O) groups excluding carboxylic acids is 1. The Labute approximate surface area is 123 Å². The Balaban J connectivity index is 2.16. The van der Waals surface area contributed by atoms with Gasteiger partial charge in [0.25, 0.3) is 0 Å². The van der Waals surface area contributed by atoms with Crippen molar-refractivity contribution in [1.29, 1.82) is 0 Å². The van der Waals surface area contributed by atoms with E-state index >= 15 is 0 Å². The van der Waals surface area contributed by atoms with Crippen LogP contribution in [-0.2, 0) is 11.2 Å². The molecule has 20 heavy (non-hydrogen) atoms. The summed E-state index contributed by atoms with van der Waals surface area (Å²) in [6, 6.07) is 10.4. The number of hydrogen-bond acceptors (Lipinski definition) is 1. The quantitative estimate of drug-likeness (QED) is 0.701. The van der Waals surface area contributed by atoms with E-state index in [1.807, 2.05) is 6.07 Å². The van der Waals surface area contributed by atoms with Gasteiger partial charge in [0, 0.05) is 12.3 Å². The monoisotopic (exact) mass is 270 g/mol. The van der Waals surface area contributed by atoms with Gasteiger partial charge in [-0.2, -0.15) is 0 Å². The average Bonchev–Trinajstić information content (AvgIpc) is 2.68. The number of allylic oxidation sites excluding steroid dienone is 1. The van der Waals surface area contributed by atoms with Crippen LogP contribution in [0.3, 0.4) is 0 Å². The Hall–Kier alpha value is -1.37. The van der Waals surface area contributed by atoms with E-state index in [4.69, 9.17) is 0 Å². The van der Waals surface area contributed by atoms with Crippen LogP contribution in [0.15, 0.2) is 42.5 Å². The maximum absolute atomic E-state index is 12.3. The molecule has 0 amide bonds. The van der Waals surface area contributed by atoms with Crippen molar-refractivity contribution in [2.75, 3.05) is 0 Å². The summed E-state index contributed by atoms with van der Waals surface area (Å²) in [6.45, 7) is 11.0. The number of rotatable bonds is 5. The zero-order chi connectivity index (χ0) is 14.8. The first kappa shape index (κ1) is 15.0. The fraction of sp³-hybridized carbons (Fsp3) is 0.526. The lowest BCUT2D eigenvalue weighted by Crippen LogP contribution is -2.31. The van der Waals surface area contributed by atoms with Gasteiger partial charge < -0.3 is 0 Å². The summed E-state index contributed by atoms with van der Waals surface area (Å²) in [7, 11) is 0. The minimum Gasteiger partial charge on any atom is -0.299 e.